The Labute approximate surface area is 153 Å². The Hall–Kier alpha value is -1.81. The van der Waals surface area contributed by atoms with E-state index < -0.39 is 6.10 Å². The summed E-state index contributed by atoms with van der Waals surface area (Å²) in [7, 11) is 5.54. The van der Waals surface area contributed by atoms with Crippen molar-refractivity contribution in [3.8, 4) is 0 Å². The molecule has 0 amide bonds. The third-order valence-electron chi connectivity index (χ3n) is 4.39. The van der Waals surface area contributed by atoms with Gasteiger partial charge < -0.3 is 19.3 Å². The van der Waals surface area contributed by atoms with E-state index in [2.05, 4.69) is 20.1 Å². The molecule has 9 heteroatoms. The first-order valence-electron chi connectivity index (χ1n) is 8.97. The molecule has 0 saturated heterocycles. The van der Waals surface area contributed by atoms with E-state index in [1.807, 2.05) is 29.7 Å². The highest BCUT2D eigenvalue weighted by Crippen LogP contribution is 2.19. The van der Waals surface area contributed by atoms with Crippen LogP contribution < -0.4 is 0 Å². The zero-order chi connectivity index (χ0) is 18.5. The van der Waals surface area contributed by atoms with Crippen LogP contribution >= 0.6 is 0 Å². The first-order valence-corrected chi connectivity index (χ1v) is 8.97. The van der Waals surface area contributed by atoms with Crippen LogP contribution in [0.5, 0.6) is 0 Å². The van der Waals surface area contributed by atoms with Gasteiger partial charge in [-0.15, -0.1) is 0 Å². The minimum absolute atomic E-state index is 0.562. The zero-order valence-corrected chi connectivity index (χ0v) is 15.8. The third kappa shape index (κ3) is 4.88. The molecule has 9 nitrogen and oxygen atoms in total. The molecular formula is C17H28N6O3. The van der Waals surface area contributed by atoms with Crippen molar-refractivity contribution in [3.05, 3.63) is 29.2 Å². The number of aryl methyl sites for hydroxylation is 1. The second-order valence-electron chi connectivity index (χ2n) is 6.97. The van der Waals surface area contributed by atoms with E-state index in [9.17, 15) is 5.11 Å². The van der Waals surface area contributed by atoms with Gasteiger partial charge in [0.1, 0.15) is 6.10 Å². The Morgan fingerprint density at radius 2 is 2.23 bits per heavy atom. The van der Waals surface area contributed by atoms with Gasteiger partial charge in [0.05, 0.1) is 24.5 Å². The summed E-state index contributed by atoms with van der Waals surface area (Å²) in [5.41, 5.74) is 1.84. The zero-order valence-electron chi connectivity index (χ0n) is 15.8. The number of hydrogen-bond acceptors (Lipinski definition) is 8. The Kier molecular flexibility index (Phi) is 6.36. The van der Waals surface area contributed by atoms with Crippen molar-refractivity contribution in [2.24, 2.45) is 0 Å². The first kappa shape index (κ1) is 19.0. The van der Waals surface area contributed by atoms with E-state index >= 15 is 0 Å². The molecule has 1 aliphatic heterocycles. The molecular weight excluding hydrogens is 336 g/mol. The van der Waals surface area contributed by atoms with Crippen LogP contribution in [0.4, 0.5) is 0 Å². The summed E-state index contributed by atoms with van der Waals surface area (Å²) < 4.78 is 12.4. The number of aliphatic hydroxyl groups is 1. The van der Waals surface area contributed by atoms with Crippen LogP contribution in [0.1, 0.15) is 35.6 Å². The van der Waals surface area contributed by atoms with Gasteiger partial charge in [0, 0.05) is 39.7 Å². The molecule has 0 unspecified atom stereocenters. The minimum atomic E-state index is -0.572. The molecule has 26 heavy (non-hydrogen) atoms. The summed E-state index contributed by atoms with van der Waals surface area (Å²) in [4.78, 5) is 8.66. The summed E-state index contributed by atoms with van der Waals surface area (Å²) in [6.07, 6.45) is 1.07. The summed E-state index contributed by atoms with van der Waals surface area (Å²) in [6, 6.07) is 2.00. The summed E-state index contributed by atoms with van der Waals surface area (Å²) in [5, 5.41) is 18.9. The van der Waals surface area contributed by atoms with Crippen LogP contribution in [-0.2, 0) is 30.8 Å². The van der Waals surface area contributed by atoms with Gasteiger partial charge >= 0.3 is 0 Å². The maximum Gasteiger partial charge on any atom is 0.240 e. The summed E-state index contributed by atoms with van der Waals surface area (Å²) in [5.74, 6) is 1.30. The predicted molar refractivity (Wildman–Crippen MR) is 94.3 cm³/mol. The number of aromatic nitrogens is 4. The average Bonchev–Trinajstić information content (AvgIpc) is 3.15. The smallest absolute Gasteiger partial charge is 0.240 e. The Morgan fingerprint density at radius 3 is 3.00 bits per heavy atom. The van der Waals surface area contributed by atoms with Crippen molar-refractivity contribution >= 4 is 0 Å². The fourth-order valence-corrected chi connectivity index (χ4v) is 3.13. The molecule has 1 aliphatic rings. The van der Waals surface area contributed by atoms with Crippen molar-refractivity contribution in [1.29, 1.82) is 0 Å². The summed E-state index contributed by atoms with van der Waals surface area (Å²) in [6.45, 7) is 4.29. The van der Waals surface area contributed by atoms with Crippen molar-refractivity contribution in [2.45, 2.75) is 38.6 Å². The predicted octanol–water partition coefficient (Wildman–Crippen LogP) is 0.456. The Balaban J connectivity index is 1.63. The molecule has 1 N–H and O–H groups in total. The molecule has 0 bridgehead atoms. The normalized spacial score (nSPS) is 16.7. The molecule has 0 saturated carbocycles. The van der Waals surface area contributed by atoms with Gasteiger partial charge in [0.15, 0.2) is 5.82 Å². The number of likely N-dealkylation sites (N-methyl/N-ethyl adjacent to an activating group) is 1. The third-order valence-corrected chi connectivity index (χ3v) is 4.39. The quantitative estimate of drug-likeness (QED) is 0.722. The van der Waals surface area contributed by atoms with Crippen molar-refractivity contribution in [1.82, 2.24) is 29.7 Å². The lowest BCUT2D eigenvalue weighted by atomic mass is 10.2. The molecule has 3 heterocycles. The number of methoxy groups -OCH3 is 1. The molecule has 0 spiro atoms. The highest BCUT2D eigenvalue weighted by atomic mass is 16.5. The van der Waals surface area contributed by atoms with Crippen molar-refractivity contribution < 1.29 is 14.4 Å². The van der Waals surface area contributed by atoms with Crippen LogP contribution in [0.25, 0.3) is 0 Å². The lowest BCUT2D eigenvalue weighted by Gasteiger charge is -2.16. The second kappa shape index (κ2) is 8.72. The second-order valence-corrected chi connectivity index (χ2v) is 6.97. The molecule has 2 aromatic heterocycles. The lowest BCUT2D eigenvalue weighted by molar-refractivity contribution is 0.133. The Morgan fingerprint density at radius 1 is 1.38 bits per heavy atom. The molecule has 2 aromatic rings. The topological polar surface area (TPSA) is 92.7 Å². The average molecular weight is 364 g/mol. The highest BCUT2D eigenvalue weighted by molar-refractivity contribution is 5.14. The van der Waals surface area contributed by atoms with Gasteiger partial charge in [-0.1, -0.05) is 5.16 Å². The standard InChI is InChI=1S/C17H28N6O3/c1-21(2)11-15(24)14-9-13-10-22(6-4-7-23(13)19-14)12-17-18-16(20-26-17)5-8-25-3/h9,15,24H,4-8,10-12H2,1-3H3/t15-/m0/s1. The van der Waals surface area contributed by atoms with Gasteiger partial charge in [0.2, 0.25) is 5.89 Å². The Bertz CT molecular complexity index is 698. The van der Waals surface area contributed by atoms with Crippen LogP contribution in [0.3, 0.4) is 0 Å². The highest BCUT2D eigenvalue weighted by Gasteiger charge is 2.21. The number of ether oxygens (including phenoxy) is 1. The van der Waals surface area contributed by atoms with Gasteiger partial charge in [-0.3, -0.25) is 9.58 Å². The monoisotopic (exact) mass is 364 g/mol. The molecule has 3 rings (SSSR count). The fraction of sp³-hybridized carbons (Fsp3) is 0.706. The minimum Gasteiger partial charge on any atom is -0.385 e. The van der Waals surface area contributed by atoms with E-state index in [0.717, 1.165) is 37.4 Å². The number of aliphatic hydroxyl groups excluding tert-OH is 1. The first-order chi connectivity index (χ1) is 12.5. The number of hydrogen-bond donors (Lipinski definition) is 1. The van der Waals surface area contributed by atoms with Crippen LogP contribution in [-0.4, -0.2) is 75.7 Å². The van der Waals surface area contributed by atoms with Crippen LogP contribution in [0.2, 0.25) is 0 Å². The fourth-order valence-electron chi connectivity index (χ4n) is 3.13. The van der Waals surface area contributed by atoms with Crippen molar-refractivity contribution in [2.75, 3.05) is 40.9 Å². The van der Waals surface area contributed by atoms with Crippen LogP contribution in [0, 0.1) is 0 Å². The molecule has 0 fully saturated rings. The molecule has 0 aliphatic carbocycles. The van der Waals surface area contributed by atoms with Crippen molar-refractivity contribution in [3.63, 3.8) is 0 Å². The molecule has 144 valence electrons. The number of fused-ring (bicyclic) bond motifs is 1. The van der Waals surface area contributed by atoms with E-state index in [-0.39, 0.29) is 0 Å². The SMILES string of the molecule is COCCc1noc(CN2CCCn3nc([C@@H](O)CN(C)C)cc3C2)n1. The van der Waals surface area contributed by atoms with E-state index in [1.165, 1.54) is 0 Å². The molecule has 1 atom stereocenters. The van der Waals surface area contributed by atoms with Gasteiger partial charge in [-0.25, -0.2) is 0 Å². The van der Waals surface area contributed by atoms with Gasteiger partial charge in [-0.05, 0) is 26.6 Å². The largest absolute Gasteiger partial charge is 0.385 e. The maximum absolute atomic E-state index is 10.3. The van der Waals surface area contributed by atoms with Crippen LogP contribution in [0.15, 0.2) is 10.6 Å². The number of nitrogens with zero attached hydrogens (tertiary/aromatic N) is 6. The summed E-state index contributed by atoms with van der Waals surface area (Å²) >= 11 is 0. The maximum atomic E-state index is 10.3. The van der Waals surface area contributed by atoms with E-state index in [4.69, 9.17) is 9.26 Å². The van der Waals surface area contributed by atoms with E-state index in [0.29, 0.717) is 37.8 Å². The molecule has 0 radical (unpaired) electrons. The number of rotatable bonds is 8. The molecule has 0 aromatic carbocycles. The van der Waals surface area contributed by atoms with Gasteiger partial charge in [0.25, 0.3) is 0 Å². The lowest BCUT2D eigenvalue weighted by Crippen LogP contribution is -2.23. The van der Waals surface area contributed by atoms with E-state index in [1.54, 1.807) is 7.11 Å². The van der Waals surface area contributed by atoms with Gasteiger partial charge in [-0.2, -0.15) is 10.1 Å².